The Labute approximate surface area is 86.4 Å². The summed E-state index contributed by atoms with van der Waals surface area (Å²) in [6.45, 7) is 10.9. The second-order valence-electron chi connectivity index (χ2n) is 4.29. The van der Waals surface area contributed by atoms with E-state index < -0.39 is 0 Å². The summed E-state index contributed by atoms with van der Waals surface area (Å²) in [5.74, 6) is 0.0582. The molecule has 0 fully saturated rings. The molecule has 0 aromatic carbocycles. The molecule has 2 nitrogen and oxygen atoms in total. The van der Waals surface area contributed by atoms with Crippen molar-refractivity contribution in [1.29, 1.82) is 0 Å². The third kappa shape index (κ3) is 3.09. The minimum absolute atomic E-state index is 0.0371. The van der Waals surface area contributed by atoms with Crippen molar-refractivity contribution >= 4 is 11.6 Å². The van der Waals surface area contributed by atoms with Crippen LogP contribution in [0.3, 0.4) is 0 Å². The van der Waals surface area contributed by atoms with E-state index in [1.807, 2.05) is 27.7 Å². The number of Topliss-reactive ketones (excluding diaryl/α,β-unsaturated/α-hetero) is 2. The SMILES string of the molecule is C/C(C(=O)C(C)C)=C(/C)C(=O)C(C)C. The van der Waals surface area contributed by atoms with E-state index in [9.17, 15) is 9.59 Å². The van der Waals surface area contributed by atoms with Gasteiger partial charge in [-0.3, -0.25) is 9.59 Å². The summed E-state index contributed by atoms with van der Waals surface area (Å²) >= 11 is 0. The highest BCUT2D eigenvalue weighted by atomic mass is 16.1. The van der Waals surface area contributed by atoms with Crippen molar-refractivity contribution in [3.05, 3.63) is 11.1 Å². The molecule has 0 aliphatic carbocycles. The Kier molecular flexibility index (Phi) is 4.75. The minimum Gasteiger partial charge on any atom is -0.294 e. The number of allylic oxidation sites excluding steroid dienone is 2. The first-order chi connectivity index (χ1) is 6.29. The zero-order valence-electron chi connectivity index (χ0n) is 9.97. The zero-order chi connectivity index (χ0) is 11.5. The van der Waals surface area contributed by atoms with E-state index in [0.717, 1.165) is 0 Å². The van der Waals surface area contributed by atoms with Gasteiger partial charge >= 0.3 is 0 Å². The first-order valence-electron chi connectivity index (χ1n) is 5.04. The standard InChI is InChI=1S/C12H20O2/c1-7(2)11(13)9(5)10(6)12(14)8(3)4/h7-8H,1-6H3/b10-9+. The predicted molar refractivity (Wildman–Crippen MR) is 58.1 cm³/mol. The molecule has 0 unspecified atom stereocenters. The van der Waals surface area contributed by atoms with Crippen LogP contribution in [0, 0.1) is 11.8 Å². The number of ketones is 2. The van der Waals surface area contributed by atoms with Gasteiger partial charge in [-0.1, -0.05) is 27.7 Å². The third-order valence-corrected chi connectivity index (χ3v) is 2.35. The van der Waals surface area contributed by atoms with Crippen molar-refractivity contribution in [2.45, 2.75) is 41.5 Å². The second kappa shape index (κ2) is 5.08. The summed E-state index contributed by atoms with van der Waals surface area (Å²) in [6, 6.07) is 0. The molecule has 0 rings (SSSR count). The van der Waals surface area contributed by atoms with Gasteiger partial charge in [0.1, 0.15) is 0 Å². The van der Waals surface area contributed by atoms with Gasteiger partial charge in [0, 0.05) is 11.8 Å². The highest BCUT2D eigenvalue weighted by molar-refractivity contribution is 6.06. The molecule has 0 aromatic heterocycles. The van der Waals surface area contributed by atoms with Gasteiger partial charge in [-0.15, -0.1) is 0 Å². The Balaban J connectivity index is 4.94. The molecule has 0 atom stereocenters. The van der Waals surface area contributed by atoms with Crippen molar-refractivity contribution in [3.63, 3.8) is 0 Å². The van der Waals surface area contributed by atoms with Crippen LogP contribution in [0.5, 0.6) is 0 Å². The van der Waals surface area contributed by atoms with Crippen LogP contribution in [0.25, 0.3) is 0 Å². The number of rotatable bonds is 4. The Morgan fingerprint density at radius 1 is 0.714 bits per heavy atom. The van der Waals surface area contributed by atoms with Gasteiger partial charge in [-0.2, -0.15) is 0 Å². The van der Waals surface area contributed by atoms with Crippen molar-refractivity contribution < 1.29 is 9.59 Å². The van der Waals surface area contributed by atoms with E-state index >= 15 is 0 Å². The molecule has 0 saturated carbocycles. The number of carbonyl (C=O) groups is 2. The molecule has 0 spiro atoms. The maximum Gasteiger partial charge on any atom is 0.161 e. The van der Waals surface area contributed by atoms with Crippen LogP contribution < -0.4 is 0 Å². The van der Waals surface area contributed by atoms with E-state index in [0.29, 0.717) is 11.1 Å². The summed E-state index contributed by atoms with van der Waals surface area (Å²) < 4.78 is 0. The highest BCUT2D eigenvalue weighted by Gasteiger charge is 2.17. The van der Waals surface area contributed by atoms with Crippen molar-refractivity contribution in [2.75, 3.05) is 0 Å². The predicted octanol–water partition coefficient (Wildman–Crippen LogP) is 2.77. The van der Waals surface area contributed by atoms with Crippen LogP contribution in [0.15, 0.2) is 11.1 Å². The van der Waals surface area contributed by atoms with Crippen molar-refractivity contribution in [1.82, 2.24) is 0 Å². The van der Waals surface area contributed by atoms with Crippen LogP contribution in [0.4, 0.5) is 0 Å². The monoisotopic (exact) mass is 196 g/mol. The molecule has 0 aliphatic rings. The molecule has 0 radical (unpaired) electrons. The molecular formula is C12H20O2. The number of hydrogen-bond acceptors (Lipinski definition) is 2. The van der Waals surface area contributed by atoms with Crippen LogP contribution in [-0.4, -0.2) is 11.6 Å². The molecule has 2 heteroatoms. The summed E-state index contributed by atoms with van der Waals surface area (Å²) in [5, 5.41) is 0. The van der Waals surface area contributed by atoms with Gasteiger partial charge in [0.15, 0.2) is 11.6 Å². The molecule has 0 heterocycles. The van der Waals surface area contributed by atoms with Gasteiger partial charge < -0.3 is 0 Å². The van der Waals surface area contributed by atoms with Crippen LogP contribution in [0.1, 0.15) is 41.5 Å². The number of carbonyl (C=O) groups excluding carboxylic acids is 2. The largest absolute Gasteiger partial charge is 0.294 e. The van der Waals surface area contributed by atoms with Crippen LogP contribution in [-0.2, 0) is 9.59 Å². The van der Waals surface area contributed by atoms with E-state index in [4.69, 9.17) is 0 Å². The van der Waals surface area contributed by atoms with E-state index in [2.05, 4.69) is 0 Å². The molecule has 0 N–H and O–H groups in total. The highest BCUT2D eigenvalue weighted by Crippen LogP contribution is 2.14. The third-order valence-electron chi connectivity index (χ3n) is 2.35. The minimum atomic E-state index is -0.0371. The van der Waals surface area contributed by atoms with Crippen molar-refractivity contribution in [3.8, 4) is 0 Å². The summed E-state index contributed by atoms with van der Waals surface area (Å²) in [4.78, 5) is 23.2. The Bertz CT molecular complexity index is 242. The molecule has 0 amide bonds. The topological polar surface area (TPSA) is 34.1 Å². The average molecular weight is 196 g/mol. The lowest BCUT2D eigenvalue weighted by atomic mass is 9.93. The van der Waals surface area contributed by atoms with Gasteiger partial charge in [0.2, 0.25) is 0 Å². The second-order valence-corrected chi connectivity index (χ2v) is 4.29. The van der Waals surface area contributed by atoms with Crippen LogP contribution in [0.2, 0.25) is 0 Å². The Morgan fingerprint density at radius 2 is 0.929 bits per heavy atom. The van der Waals surface area contributed by atoms with Crippen LogP contribution >= 0.6 is 0 Å². The van der Waals surface area contributed by atoms with E-state index in [1.165, 1.54) is 0 Å². The molecule has 14 heavy (non-hydrogen) atoms. The molecule has 80 valence electrons. The number of hydrogen-bond donors (Lipinski definition) is 0. The van der Waals surface area contributed by atoms with Gasteiger partial charge in [0.25, 0.3) is 0 Å². The fraction of sp³-hybridized carbons (Fsp3) is 0.667. The first kappa shape index (κ1) is 13.1. The van der Waals surface area contributed by atoms with Gasteiger partial charge in [-0.05, 0) is 25.0 Å². The van der Waals surface area contributed by atoms with Gasteiger partial charge in [-0.25, -0.2) is 0 Å². The lowest BCUT2D eigenvalue weighted by molar-refractivity contribution is -0.120. The normalized spacial score (nSPS) is 13.1. The molecular weight excluding hydrogens is 176 g/mol. The van der Waals surface area contributed by atoms with Gasteiger partial charge in [0.05, 0.1) is 0 Å². The Morgan fingerprint density at radius 3 is 1.07 bits per heavy atom. The summed E-state index contributed by atoms with van der Waals surface area (Å²) in [7, 11) is 0. The fourth-order valence-corrected chi connectivity index (χ4v) is 1.24. The maximum atomic E-state index is 11.6. The first-order valence-corrected chi connectivity index (χ1v) is 5.04. The molecule has 0 saturated heterocycles. The summed E-state index contributed by atoms with van der Waals surface area (Å²) in [6.07, 6.45) is 0. The average Bonchev–Trinajstić information content (AvgIpc) is 2.12. The lowest BCUT2D eigenvalue weighted by Crippen LogP contribution is -2.16. The lowest BCUT2D eigenvalue weighted by Gasteiger charge is -2.10. The maximum absolute atomic E-state index is 11.6. The quantitative estimate of drug-likeness (QED) is 0.648. The molecule has 0 aliphatic heterocycles. The van der Waals surface area contributed by atoms with E-state index in [1.54, 1.807) is 13.8 Å². The van der Waals surface area contributed by atoms with E-state index in [-0.39, 0.29) is 23.4 Å². The smallest absolute Gasteiger partial charge is 0.161 e. The van der Waals surface area contributed by atoms with Crippen molar-refractivity contribution in [2.24, 2.45) is 11.8 Å². The molecule has 0 bridgehead atoms. The fourth-order valence-electron chi connectivity index (χ4n) is 1.24. The zero-order valence-corrected chi connectivity index (χ0v) is 9.97. The summed E-state index contributed by atoms with van der Waals surface area (Å²) in [5.41, 5.74) is 1.22. The molecule has 0 aromatic rings. The Hall–Kier alpha value is -0.920.